The molecular weight excluding hydrogens is 248 g/mol. The van der Waals surface area contributed by atoms with Gasteiger partial charge in [0.2, 0.25) is 5.89 Å². The lowest BCUT2D eigenvalue weighted by Gasteiger charge is -2.29. The smallest absolute Gasteiger partial charge is 0.239 e. The predicted molar refractivity (Wildman–Crippen MR) is 72.8 cm³/mol. The second-order valence-corrected chi connectivity index (χ2v) is 7.10. The summed E-state index contributed by atoms with van der Waals surface area (Å²) in [6.45, 7) is 9.45. The first-order valence-electron chi connectivity index (χ1n) is 6.41. The summed E-state index contributed by atoms with van der Waals surface area (Å²) in [5.74, 6) is 1.79. The maximum Gasteiger partial charge on any atom is 0.239 e. The molecule has 1 saturated heterocycles. The van der Waals surface area contributed by atoms with Crippen molar-refractivity contribution in [3.63, 3.8) is 0 Å². The van der Waals surface area contributed by atoms with E-state index in [0.717, 1.165) is 24.7 Å². The Morgan fingerprint density at radius 1 is 1.39 bits per heavy atom. The molecule has 0 amide bonds. The second kappa shape index (κ2) is 5.21. The first-order valence-corrected chi connectivity index (χ1v) is 7.70. The molecule has 2 heterocycles. The Kier molecular flexibility index (Phi) is 4.02. The van der Waals surface area contributed by atoms with Crippen LogP contribution in [0.25, 0.3) is 0 Å². The fourth-order valence-corrected chi connectivity index (χ4v) is 2.67. The molecule has 1 fully saturated rings. The molecule has 0 N–H and O–H groups in total. The monoisotopic (exact) mass is 270 g/mol. The van der Waals surface area contributed by atoms with Crippen molar-refractivity contribution in [1.29, 1.82) is 0 Å². The van der Waals surface area contributed by atoms with Gasteiger partial charge in [-0.1, -0.05) is 25.9 Å². The molecule has 102 valence electrons. The van der Waals surface area contributed by atoms with Crippen LogP contribution in [0.15, 0.2) is 4.52 Å². The standard InChI is InChI=1S/C13H22N2O2S/c1-8(18-5)12-14-11(15-17-12)9-6-7-16-10(9)13(2,3)4/h8-10H,6-7H2,1-5H3/t8?,9-,10-/m0/s1. The number of ether oxygens (including phenoxy) is 1. The highest BCUT2D eigenvalue weighted by molar-refractivity contribution is 7.98. The number of rotatable bonds is 3. The number of hydrogen-bond acceptors (Lipinski definition) is 5. The van der Waals surface area contributed by atoms with Gasteiger partial charge in [-0.3, -0.25) is 0 Å². The van der Waals surface area contributed by atoms with Crippen LogP contribution in [0.1, 0.15) is 57.0 Å². The average molecular weight is 270 g/mol. The lowest BCUT2D eigenvalue weighted by molar-refractivity contribution is 0.0193. The lowest BCUT2D eigenvalue weighted by Crippen LogP contribution is -2.30. The third-order valence-electron chi connectivity index (χ3n) is 3.44. The van der Waals surface area contributed by atoms with E-state index in [-0.39, 0.29) is 22.7 Å². The number of nitrogens with zero attached hydrogens (tertiary/aromatic N) is 2. The van der Waals surface area contributed by atoms with Crippen molar-refractivity contribution in [2.24, 2.45) is 5.41 Å². The molecule has 1 aliphatic rings. The van der Waals surface area contributed by atoms with Crippen LogP contribution in [-0.4, -0.2) is 29.1 Å². The van der Waals surface area contributed by atoms with Gasteiger partial charge in [-0.25, -0.2) is 0 Å². The predicted octanol–water partition coefficient (Wildman–Crippen LogP) is 3.41. The zero-order valence-electron chi connectivity index (χ0n) is 11.8. The van der Waals surface area contributed by atoms with Crippen molar-refractivity contribution < 1.29 is 9.26 Å². The first-order chi connectivity index (χ1) is 8.43. The number of thioether (sulfide) groups is 1. The third-order valence-corrected chi connectivity index (χ3v) is 4.34. The van der Waals surface area contributed by atoms with E-state index in [9.17, 15) is 0 Å². The molecule has 2 rings (SSSR count). The molecule has 0 aromatic carbocycles. The molecule has 0 bridgehead atoms. The van der Waals surface area contributed by atoms with Crippen LogP contribution in [0, 0.1) is 5.41 Å². The number of hydrogen-bond donors (Lipinski definition) is 0. The Balaban J connectivity index is 2.18. The highest BCUT2D eigenvalue weighted by atomic mass is 32.2. The van der Waals surface area contributed by atoms with E-state index < -0.39 is 0 Å². The quantitative estimate of drug-likeness (QED) is 0.842. The average Bonchev–Trinajstić information content (AvgIpc) is 2.94. The summed E-state index contributed by atoms with van der Waals surface area (Å²) in [5.41, 5.74) is 0.104. The summed E-state index contributed by atoms with van der Waals surface area (Å²) >= 11 is 1.71. The zero-order chi connectivity index (χ0) is 13.3. The van der Waals surface area contributed by atoms with Gasteiger partial charge >= 0.3 is 0 Å². The molecular formula is C13H22N2O2S. The van der Waals surface area contributed by atoms with Crippen molar-refractivity contribution in [1.82, 2.24) is 10.1 Å². The molecule has 1 aromatic heterocycles. The van der Waals surface area contributed by atoms with Crippen LogP contribution in [0.3, 0.4) is 0 Å². The molecule has 1 aromatic rings. The van der Waals surface area contributed by atoms with Crippen molar-refractivity contribution in [3.8, 4) is 0 Å². The van der Waals surface area contributed by atoms with Gasteiger partial charge < -0.3 is 9.26 Å². The minimum Gasteiger partial charge on any atom is -0.377 e. The highest BCUT2D eigenvalue weighted by Gasteiger charge is 2.40. The van der Waals surface area contributed by atoms with E-state index in [4.69, 9.17) is 9.26 Å². The van der Waals surface area contributed by atoms with Crippen LogP contribution < -0.4 is 0 Å². The summed E-state index contributed by atoms with van der Waals surface area (Å²) in [4.78, 5) is 4.55. The second-order valence-electron chi connectivity index (χ2n) is 5.92. The van der Waals surface area contributed by atoms with Crippen molar-refractivity contribution in [2.45, 2.75) is 51.4 Å². The Morgan fingerprint density at radius 3 is 2.72 bits per heavy atom. The van der Waals surface area contributed by atoms with Gasteiger partial charge in [0, 0.05) is 6.61 Å². The molecule has 0 radical (unpaired) electrons. The normalized spacial score (nSPS) is 26.5. The van der Waals surface area contributed by atoms with Gasteiger partial charge in [-0.2, -0.15) is 16.7 Å². The maximum absolute atomic E-state index is 5.85. The highest BCUT2D eigenvalue weighted by Crippen LogP contribution is 2.40. The molecule has 3 atom stereocenters. The van der Waals surface area contributed by atoms with Crippen molar-refractivity contribution >= 4 is 11.8 Å². The molecule has 4 nitrogen and oxygen atoms in total. The van der Waals surface area contributed by atoms with Crippen LogP contribution in [0.4, 0.5) is 0 Å². The summed E-state index contributed by atoms with van der Waals surface area (Å²) in [6, 6.07) is 0. The van der Waals surface area contributed by atoms with Crippen molar-refractivity contribution in [2.75, 3.05) is 12.9 Å². The van der Waals surface area contributed by atoms with Crippen LogP contribution in [0.5, 0.6) is 0 Å². The fraction of sp³-hybridized carbons (Fsp3) is 0.846. The third kappa shape index (κ3) is 2.72. The maximum atomic E-state index is 5.85. The zero-order valence-corrected chi connectivity index (χ0v) is 12.6. The fourth-order valence-electron chi connectivity index (χ4n) is 2.37. The molecule has 18 heavy (non-hydrogen) atoms. The topological polar surface area (TPSA) is 48.2 Å². The van der Waals surface area contributed by atoms with Gasteiger partial charge in [-0.05, 0) is 25.0 Å². The van der Waals surface area contributed by atoms with Crippen molar-refractivity contribution in [3.05, 3.63) is 11.7 Å². The summed E-state index contributed by atoms with van der Waals surface area (Å²) in [7, 11) is 0. The lowest BCUT2D eigenvalue weighted by atomic mass is 9.81. The van der Waals surface area contributed by atoms with E-state index in [1.807, 2.05) is 6.26 Å². The van der Waals surface area contributed by atoms with Crippen LogP contribution in [-0.2, 0) is 4.74 Å². The Labute approximate surface area is 113 Å². The van der Waals surface area contributed by atoms with E-state index in [2.05, 4.69) is 37.8 Å². The molecule has 0 spiro atoms. The summed E-state index contributed by atoms with van der Waals surface area (Å²) < 4.78 is 11.2. The Morgan fingerprint density at radius 2 is 2.11 bits per heavy atom. The van der Waals surface area contributed by atoms with Crippen LogP contribution in [0.2, 0.25) is 0 Å². The molecule has 0 saturated carbocycles. The van der Waals surface area contributed by atoms with Gasteiger partial charge in [-0.15, -0.1) is 0 Å². The summed E-state index contributed by atoms with van der Waals surface area (Å²) in [5, 5.41) is 4.40. The van der Waals surface area contributed by atoms with E-state index in [0.29, 0.717) is 0 Å². The molecule has 1 unspecified atom stereocenters. The van der Waals surface area contributed by atoms with Crippen LogP contribution >= 0.6 is 11.8 Å². The van der Waals surface area contributed by atoms with E-state index in [1.165, 1.54) is 0 Å². The van der Waals surface area contributed by atoms with Gasteiger partial charge in [0.15, 0.2) is 5.82 Å². The Hall–Kier alpha value is -0.550. The van der Waals surface area contributed by atoms with E-state index >= 15 is 0 Å². The molecule has 5 heteroatoms. The largest absolute Gasteiger partial charge is 0.377 e. The minimum atomic E-state index is 0.104. The van der Waals surface area contributed by atoms with Gasteiger partial charge in [0.25, 0.3) is 0 Å². The molecule has 1 aliphatic heterocycles. The Bertz CT molecular complexity index is 400. The minimum absolute atomic E-state index is 0.104. The van der Waals surface area contributed by atoms with Gasteiger partial charge in [0.05, 0.1) is 17.3 Å². The SMILES string of the molecule is CSC(C)c1nc([C@H]2CCO[C@@H]2C(C)(C)C)no1. The summed E-state index contributed by atoms with van der Waals surface area (Å²) in [6.07, 6.45) is 3.20. The number of aromatic nitrogens is 2. The molecule has 0 aliphatic carbocycles. The first kappa shape index (κ1) is 13.9. The van der Waals surface area contributed by atoms with Gasteiger partial charge in [0.1, 0.15) is 0 Å². The van der Waals surface area contributed by atoms with E-state index in [1.54, 1.807) is 11.8 Å².